The maximum Gasteiger partial charge on any atom is 0.212 e. The maximum atomic E-state index is 12.7. The van der Waals surface area contributed by atoms with E-state index in [1.165, 1.54) is 29.2 Å². The lowest BCUT2D eigenvalue weighted by atomic mass is 10.2. The van der Waals surface area contributed by atoms with E-state index in [1.807, 2.05) is 0 Å². The van der Waals surface area contributed by atoms with Gasteiger partial charge in [-0.3, -0.25) is 0 Å². The van der Waals surface area contributed by atoms with Gasteiger partial charge in [0.1, 0.15) is 0 Å². The minimum absolute atomic E-state index is 0.454. The number of anilines is 1. The molecule has 0 aliphatic carbocycles. The van der Waals surface area contributed by atoms with Crippen molar-refractivity contribution >= 4 is 5.69 Å². The number of hydrogen-bond acceptors (Lipinski definition) is 2. The van der Waals surface area contributed by atoms with Gasteiger partial charge in [-0.05, 0) is 44.5 Å². The standard InChI is InChI=1S/C14H18FN3/c1-4-18-10(2)7-12(11(18)3)8-16-13-5-6-14(15)17-9-13/h5-7,9,16H,4,8H2,1-3H3. The summed E-state index contributed by atoms with van der Waals surface area (Å²) in [4.78, 5) is 3.62. The maximum absolute atomic E-state index is 12.7. The summed E-state index contributed by atoms with van der Waals surface area (Å²) in [6.07, 6.45) is 1.51. The molecule has 2 rings (SSSR count). The van der Waals surface area contributed by atoms with Crippen LogP contribution in [0.3, 0.4) is 0 Å². The third-order valence-corrected chi connectivity index (χ3v) is 3.21. The molecule has 3 nitrogen and oxygen atoms in total. The van der Waals surface area contributed by atoms with Gasteiger partial charge in [-0.2, -0.15) is 4.39 Å². The SMILES string of the molecule is CCn1c(C)cc(CNc2ccc(F)nc2)c1C. The highest BCUT2D eigenvalue weighted by atomic mass is 19.1. The molecule has 0 radical (unpaired) electrons. The van der Waals surface area contributed by atoms with Crippen LogP contribution < -0.4 is 5.32 Å². The van der Waals surface area contributed by atoms with Gasteiger partial charge in [0.25, 0.3) is 0 Å². The van der Waals surface area contributed by atoms with E-state index >= 15 is 0 Å². The lowest BCUT2D eigenvalue weighted by molar-refractivity contribution is 0.584. The van der Waals surface area contributed by atoms with Crippen LogP contribution >= 0.6 is 0 Å². The van der Waals surface area contributed by atoms with E-state index in [4.69, 9.17) is 0 Å². The molecule has 18 heavy (non-hydrogen) atoms. The number of halogens is 1. The molecule has 2 heterocycles. The predicted octanol–water partition coefficient (Wildman–Crippen LogP) is 3.27. The fourth-order valence-corrected chi connectivity index (χ4v) is 2.22. The smallest absolute Gasteiger partial charge is 0.212 e. The highest BCUT2D eigenvalue weighted by Crippen LogP contribution is 2.16. The molecule has 4 heteroatoms. The van der Waals surface area contributed by atoms with Gasteiger partial charge in [0.15, 0.2) is 0 Å². The average molecular weight is 247 g/mol. The molecule has 0 atom stereocenters. The van der Waals surface area contributed by atoms with Crippen LogP contribution in [-0.2, 0) is 13.1 Å². The summed E-state index contributed by atoms with van der Waals surface area (Å²) in [6.45, 7) is 8.08. The van der Waals surface area contributed by atoms with E-state index < -0.39 is 5.95 Å². The van der Waals surface area contributed by atoms with Gasteiger partial charge in [-0.1, -0.05) is 0 Å². The molecular formula is C14H18FN3. The minimum Gasteiger partial charge on any atom is -0.380 e. The molecule has 0 amide bonds. The Labute approximate surface area is 107 Å². The van der Waals surface area contributed by atoms with Crippen molar-refractivity contribution in [2.75, 3.05) is 5.32 Å². The highest BCUT2D eigenvalue weighted by Gasteiger charge is 2.07. The number of hydrogen-bond donors (Lipinski definition) is 1. The minimum atomic E-state index is -0.454. The first kappa shape index (κ1) is 12.6. The van der Waals surface area contributed by atoms with Crippen LogP contribution in [0.15, 0.2) is 24.4 Å². The van der Waals surface area contributed by atoms with Gasteiger partial charge in [0, 0.05) is 24.5 Å². The highest BCUT2D eigenvalue weighted by molar-refractivity contribution is 5.41. The zero-order valence-corrected chi connectivity index (χ0v) is 11.0. The van der Waals surface area contributed by atoms with Crippen molar-refractivity contribution in [1.29, 1.82) is 0 Å². The van der Waals surface area contributed by atoms with Gasteiger partial charge in [-0.15, -0.1) is 0 Å². The number of aromatic nitrogens is 2. The Hall–Kier alpha value is -1.84. The summed E-state index contributed by atoms with van der Waals surface area (Å²) in [5, 5.41) is 3.25. The summed E-state index contributed by atoms with van der Waals surface area (Å²) >= 11 is 0. The van der Waals surface area contributed by atoms with E-state index in [1.54, 1.807) is 6.07 Å². The van der Waals surface area contributed by atoms with Gasteiger partial charge < -0.3 is 9.88 Å². The Morgan fingerprint density at radius 2 is 2.11 bits per heavy atom. The summed E-state index contributed by atoms with van der Waals surface area (Å²) < 4.78 is 15.0. The molecule has 0 spiro atoms. The van der Waals surface area contributed by atoms with Crippen molar-refractivity contribution in [3.8, 4) is 0 Å². The van der Waals surface area contributed by atoms with Crippen molar-refractivity contribution in [2.45, 2.75) is 33.9 Å². The second kappa shape index (κ2) is 5.21. The molecule has 0 aliphatic rings. The second-order valence-corrected chi connectivity index (χ2v) is 4.36. The number of aryl methyl sites for hydroxylation is 1. The van der Waals surface area contributed by atoms with E-state index in [0.29, 0.717) is 0 Å². The molecule has 2 aromatic rings. The molecule has 96 valence electrons. The third kappa shape index (κ3) is 2.53. The first-order valence-electron chi connectivity index (χ1n) is 6.13. The number of rotatable bonds is 4. The largest absolute Gasteiger partial charge is 0.380 e. The molecule has 0 bridgehead atoms. The summed E-state index contributed by atoms with van der Waals surface area (Å²) in [5.41, 5.74) is 4.64. The van der Waals surface area contributed by atoms with Crippen molar-refractivity contribution < 1.29 is 4.39 Å². The predicted molar refractivity (Wildman–Crippen MR) is 71.1 cm³/mol. The van der Waals surface area contributed by atoms with Crippen LogP contribution in [0.2, 0.25) is 0 Å². The molecule has 0 saturated heterocycles. The molecule has 2 aromatic heterocycles. The van der Waals surface area contributed by atoms with Crippen LogP contribution in [0.5, 0.6) is 0 Å². The quantitative estimate of drug-likeness (QED) is 0.840. The van der Waals surface area contributed by atoms with E-state index in [0.717, 1.165) is 18.8 Å². The lowest BCUT2D eigenvalue weighted by Gasteiger charge is -2.08. The van der Waals surface area contributed by atoms with Gasteiger partial charge >= 0.3 is 0 Å². The average Bonchev–Trinajstić information content (AvgIpc) is 2.63. The van der Waals surface area contributed by atoms with E-state index in [2.05, 4.69) is 41.7 Å². The van der Waals surface area contributed by atoms with Crippen molar-refractivity contribution in [3.63, 3.8) is 0 Å². The number of nitrogens with zero attached hydrogens (tertiary/aromatic N) is 2. The zero-order valence-electron chi connectivity index (χ0n) is 11.0. The van der Waals surface area contributed by atoms with Crippen molar-refractivity contribution in [1.82, 2.24) is 9.55 Å². The van der Waals surface area contributed by atoms with Crippen LogP contribution in [-0.4, -0.2) is 9.55 Å². The molecule has 0 unspecified atom stereocenters. The fourth-order valence-electron chi connectivity index (χ4n) is 2.22. The molecular weight excluding hydrogens is 229 g/mol. The first-order chi connectivity index (χ1) is 8.61. The summed E-state index contributed by atoms with van der Waals surface area (Å²) in [6, 6.07) is 5.24. The summed E-state index contributed by atoms with van der Waals surface area (Å²) in [7, 11) is 0. The van der Waals surface area contributed by atoms with Crippen molar-refractivity contribution in [3.05, 3.63) is 47.3 Å². The van der Waals surface area contributed by atoms with Crippen LogP contribution in [0.1, 0.15) is 23.9 Å². The normalized spacial score (nSPS) is 10.7. The zero-order chi connectivity index (χ0) is 13.1. The topological polar surface area (TPSA) is 29.9 Å². The van der Waals surface area contributed by atoms with Crippen molar-refractivity contribution in [2.24, 2.45) is 0 Å². The Kier molecular flexibility index (Phi) is 3.65. The number of nitrogens with one attached hydrogen (secondary N) is 1. The Bertz CT molecular complexity index is 529. The van der Waals surface area contributed by atoms with Gasteiger partial charge in [-0.25, -0.2) is 4.98 Å². The first-order valence-corrected chi connectivity index (χ1v) is 6.13. The molecule has 0 saturated carbocycles. The lowest BCUT2D eigenvalue weighted by Crippen LogP contribution is -2.03. The molecule has 0 aromatic carbocycles. The Morgan fingerprint density at radius 3 is 2.67 bits per heavy atom. The van der Waals surface area contributed by atoms with E-state index in [-0.39, 0.29) is 0 Å². The van der Waals surface area contributed by atoms with Gasteiger partial charge in [0.2, 0.25) is 5.95 Å². The summed E-state index contributed by atoms with van der Waals surface area (Å²) in [5.74, 6) is -0.454. The van der Waals surface area contributed by atoms with Crippen LogP contribution in [0, 0.1) is 19.8 Å². The fraction of sp³-hybridized carbons (Fsp3) is 0.357. The molecule has 1 N–H and O–H groups in total. The Balaban J connectivity index is 2.08. The second-order valence-electron chi connectivity index (χ2n) is 4.36. The van der Waals surface area contributed by atoms with E-state index in [9.17, 15) is 4.39 Å². The number of pyridine rings is 1. The van der Waals surface area contributed by atoms with Crippen LogP contribution in [0.25, 0.3) is 0 Å². The Morgan fingerprint density at radius 1 is 1.33 bits per heavy atom. The third-order valence-electron chi connectivity index (χ3n) is 3.21. The van der Waals surface area contributed by atoms with Crippen LogP contribution in [0.4, 0.5) is 10.1 Å². The van der Waals surface area contributed by atoms with Gasteiger partial charge in [0.05, 0.1) is 11.9 Å². The molecule has 0 fully saturated rings. The molecule has 0 aliphatic heterocycles. The monoisotopic (exact) mass is 247 g/mol.